The Morgan fingerprint density at radius 1 is 1.24 bits per heavy atom. The molecule has 2 fully saturated rings. The van der Waals surface area contributed by atoms with Crippen LogP contribution >= 0.6 is 0 Å². The lowest BCUT2D eigenvalue weighted by atomic mass is 9.84. The van der Waals surface area contributed by atoms with Gasteiger partial charge in [-0.1, -0.05) is 6.42 Å². The maximum atomic E-state index is 12.4. The second kappa shape index (κ2) is 8.34. The van der Waals surface area contributed by atoms with E-state index in [4.69, 9.17) is 4.74 Å². The Morgan fingerprint density at radius 2 is 1.95 bits per heavy atom. The molecule has 21 heavy (non-hydrogen) atoms. The molecule has 0 aromatic heterocycles. The third-order valence-electron chi connectivity index (χ3n) is 4.37. The van der Waals surface area contributed by atoms with Crippen molar-refractivity contribution in [3.63, 3.8) is 0 Å². The van der Waals surface area contributed by atoms with E-state index in [1.165, 1.54) is 7.11 Å². The van der Waals surface area contributed by atoms with Gasteiger partial charge in [-0.25, -0.2) is 0 Å². The zero-order valence-corrected chi connectivity index (χ0v) is 12.9. The van der Waals surface area contributed by atoms with Crippen molar-refractivity contribution in [2.75, 3.05) is 53.0 Å². The van der Waals surface area contributed by atoms with Gasteiger partial charge in [0.05, 0.1) is 26.7 Å². The van der Waals surface area contributed by atoms with Gasteiger partial charge < -0.3 is 14.4 Å². The van der Waals surface area contributed by atoms with Crippen LogP contribution in [0.5, 0.6) is 0 Å². The third kappa shape index (κ3) is 4.97. The van der Waals surface area contributed by atoms with Crippen LogP contribution in [-0.2, 0) is 19.1 Å². The molecule has 1 aliphatic carbocycles. The van der Waals surface area contributed by atoms with E-state index in [0.717, 1.165) is 52.1 Å². The molecule has 0 spiro atoms. The molecule has 0 atom stereocenters. The number of morpholine rings is 1. The van der Waals surface area contributed by atoms with Crippen molar-refractivity contribution in [2.45, 2.75) is 25.7 Å². The Bertz CT molecular complexity index is 352. The summed E-state index contributed by atoms with van der Waals surface area (Å²) in [7, 11) is 1.38. The van der Waals surface area contributed by atoms with Crippen LogP contribution in [0.4, 0.5) is 0 Å². The minimum atomic E-state index is -0.257. The first-order valence-corrected chi connectivity index (χ1v) is 7.86. The molecule has 2 rings (SSSR count). The van der Waals surface area contributed by atoms with Gasteiger partial charge >= 0.3 is 5.97 Å². The smallest absolute Gasteiger partial charge is 0.307 e. The van der Waals surface area contributed by atoms with E-state index in [-0.39, 0.29) is 24.2 Å². The number of esters is 1. The van der Waals surface area contributed by atoms with Gasteiger partial charge in [-0.15, -0.1) is 0 Å². The quantitative estimate of drug-likeness (QED) is 0.641. The second-order valence-corrected chi connectivity index (χ2v) is 5.73. The molecule has 1 saturated carbocycles. The number of rotatable bonds is 7. The number of hydrogen-bond donors (Lipinski definition) is 0. The largest absolute Gasteiger partial charge is 0.469 e. The summed E-state index contributed by atoms with van der Waals surface area (Å²) in [6.45, 7) is 5.37. The van der Waals surface area contributed by atoms with Crippen molar-refractivity contribution in [2.24, 2.45) is 5.92 Å². The lowest BCUT2D eigenvalue weighted by Gasteiger charge is -2.34. The molecule has 1 aliphatic heterocycles. The van der Waals surface area contributed by atoms with Crippen molar-refractivity contribution in [1.29, 1.82) is 0 Å². The fourth-order valence-electron chi connectivity index (χ4n) is 2.66. The van der Waals surface area contributed by atoms with Crippen molar-refractivity contribution >= 4 is 11.9 Å². The van der Waals surface area contributed by atoms with Gasteiger partial charge in [-0.2, -0.15) is 0 Å². The lowest BCUT2D eigenvalue weighted by molar-refractivity contribution is -0.143. The van der Waals surface area contributed by atoms with Gasteiger partial charge in [0, 0.05) is 38.6 Å². The minimum absolute atomic E-state index is 0.173. The topological polar surface area (TPSA) is 59.1 Å². The highest BCUT2D eigenvalue weighted by atomic mass is 16.5. The first-order chi connectivity index (χ1) is 10.2. The molecule has 0 radical (unpaired) electrons. The summed E-state index contributed by atoms with van der Waals surface area (Å²) in [4.78, 5) is 27.9. The number of amides is 1. The van der Waals surface area contributed by atoms with Crippen molar-refractivity contribution in [1.82, 2.24) is 9.80 Å². The average Bonchev–Trinajstić information content (AvgIpc) is 2.46. The highest BCUT2D eigenvalue weighted by Crippen LogP contribution is 2.28. The van der Waals surface area contributed by atoms with Gasteiger partial charge in [0.25, 0.3) is 0 Å². The first kappa shape index (κ1) is 16.2. The number of ether oxygens (including phenoxy) is 2. The van der Waals surface area contributed by atoms with E-state index in [1.807, 2.05) is 4.90 Å². The SMILES string of the molecule is COC(=O)CCN(CCN1CCOCC1)C(=O)C1CCC1. The molecule has 0 aromatic rings. The van der Waals surface area contributed by atoms with Crippen LogP contribution in [0.25, 0.3) is 0 Å². The molecule has 0 unspecified atom stereocenters. The Labute approximate surface area is 126 Å². The zero-order valence-electron chi connectivity index (χ0n) is 12.9. The van der Waals surface area contributed by atoms with Crippen LogP contribution in [0.15, 0.2) is 0 Å². The molecule has 6 nitrogen and oxygen atoms in total. The number of methoxy groups -OCH3 is 1. The van der Waals surface area contributed by atoms with Crippen molar-refractivity contribution in [3.05, 3.63) is 0 Å². The summed E-state index contributed by atoms with van der Waals surface area (Å²) in [5, 5.41) is 0. The molecular weight excluding hydrogens is 272 g/mol. The molecule has 0 N–H and O–H groups in total. The summed E-state index contributed by atoms with van der Waals surface area (Å²) in [6, 6.07) is 0. The maximum absolute atomic E-state index is 12.4. The molecule has 120 valence electrons. The highest BCUT2D eigenvalue weighted by molar-refractivity contribution is 5.80. The standard InChI is InChI=1S/C15H26N2O4/c1-20-14(18)5-6-17(15(19)13-3-2-4-13)8-7-16-9-11-21-12-10-16/h13H,2-12H2,1H3. The Morgan fingerprint density at radius 3 is 2.52 bits per heavy atom. The van der Waals surface area contributed by atoms with Gasteiger partial charge in [0.2, 0.25) is 5.91 Å². The van der Waals surface area contributed by atoms with Crippen LogP contribution in [0.3, 0.4) is 0 Å². The molecule has 6 heteroatoms. The molecular formula is C15H26N2O4. The second-order valence-electron chi connectivity index (χ2n) is 5.73. The van der Waals surface area contributed by atoms with E-state index in [1.54, 1.807) is 0 Å². The molecule has 2 aliphatic rings. The van der Waals surface area contributed by atoms with Crippen LogP contribution in [0.2, 0.25) is 0 Å². The fraction of sp³-hybridized carbons (Fsp3) is 0.867. The van der Waals surface area contributed by atoms with Gasteiger partial charge in [-0.3, -0.25) is 14.5 Å². The summed E-state index contributed by atoms with van der Waals surface area (Å²) in [5.74, 6) is 0.124. The number of carbonyl (C=O) groups excluding carboxylic acids is 2. The highest BCUT2D eigenvalue weighted by Gasteiger charge is 2.29. The molecule has 1 amide bonds. The van der Waals surface area contributed by atoms with Crippen molar-refractivity contribution in [3.8, 4) is 0 Å². The average molecular weight is 298 g/mol. The van der Waals surface area contributed by atoms with Crippen LogP contribution < -0.4 is 0 Å². The summed E-state index contributed by atoms with van der Waals surface area (Å²) in [5.41, 5.74) is 0. The van der Waals surface area contributed by atoms with E-state index in [9.17, 15) is 9.59 Å². The van der Waals surface area contributed by atoms with Gasteiger partial charge in [0.1, 0.15) is 0 Å². The maximum Gasteiger partial charge on any atom is 0.307 e. The van der Waals surface area contributed by atoms with Gasteiger partial charge in [0.15, 0.2) is 0 Å². The number of nitrogens with zero attached hydrogens (tertiary/aromatic N) is 2. The molecule has 0 aromatic carbocycles. The fourth-order valence-corrected chi connectivity index (χ4v) is 2.66. The minimum Gasteiger partial charge on any atom is -0.469 e. The van der Waals surface area contributed by atoms with Crippen LogP contribution in [-0.4, -0.2) is 74.7 Å². The predicted molar refractivity (Wildman–Crippen MR) is 77.8 cm³/mol. The monoisotopic (exact) mass is 298 g/mol. The number of carbonyl (C=O) groups is 2. The summed E-state index contributed by atoms with van der Waals surface area (Å²) < 4.78 is 10.0. The third-order valence-corrected chi connectivity index (χ3v) is 4.37. The normalized spacial score (nSPS) is 19.9. The Kier molecular flexibility index (Phi) is 6.45. The summed E-state index contributed by atoms with van der Waals surface area (Å²) in [6.07, 6.45) is 3.40. The lowest BCUT2D eigenvalue weighted by Crippen LogP contribution is -2.46. The van der Waals surface area contributed by atoms with E-state index in [0.29, 0.717) is 13.1 Å². The van der Waals surface area contributed by atoms with Crippen LogP contribution in [0, 0.1) is 5.92 Å². The van der Waals surface area contributed by atoms with Gasteiger partial charge in [-0.05, 0) is 12.8 Å². The summed E-state index contributed by atoms with van der Waals surface area (Å²) >= 11 is 0. The van der Waals surface area contributed by atoms with Crippen molar-refractivity contribution < 1.29 is 19.1 Å². The molecule has 1 saturated heterocycles. The zero-order chi connectivity index (χ0) is 15.1. The van der Waals surface area contributed by atoms with E-state index in [2.05, 4.69) is 9.64 Å². The molecule has 1 heterocycles. The van der Waals surface area contributed by atoms with Crippen LogP contribution in [0.1, 0.15) is 25.7 Å². The van der Waals surface area contributed by atoms with E-state index < -0.39 is 0 Å². The predicted octanol–water partition coefficient (Wildman–Crippen LogP) is 0.510. The Balaban J connectivity index is 1.81. The molecule has 0 bridgehead atoms. The Hall–Kier alpha value is -1.14. The first-order valence-electron chi connectivity index (χ1n) is 7.86. The number of hydrogen-bond acceptors (Lipinski definition) is 5. The van der Waals surface area contributed by atoms with E-state index >= 15 is 0 Å².